The lowest BCUT2D eigenvalue weighted by Crippen LogP contribution is -2.36. The van der Waals surface area contributed by atoms with Crippen LogP contribution in [0.1, 0.15) is 95.8 Å². The lowest BCUT2D eigenvalue weighted by Gasteiger charge is -2.38. The summed E-state index contributed by atoms with van der Waals surface area (Å²) in [4.78, 5) is 24.6. The summed E-state index contributed by atoms with van der Waals surface area (Å²) in [5.41, 5.74) is 1.90. The highest BCUT2D eigenvalue weighted by molar-refractivity contribution is 8.00. The van der Waals surface area contributed by atoms with Crippen LogP contribution in [0.25, 0.3) is 0 Å². The zero-order chi connectivity index (χ0) is 43.6. The summed E-state index contributed by atoms with van der Waals surface area (Å²) >= 11 is 1.91. The molecule has 332 valence electrons. The number of nitriles is 1. The number of hydrogen-bond donors (Lipinski definition) is 3. The van der Waals surface area contributed by atoms with Crippen LogP contribution in [0.5, 0.6) is 11.5 Å². The normalized spacial score (nSPS) is 18.4. The number of urea groups is 1. The first kappa shape index (κ1) is 48.1. The molecule has 0 radical (unpaired) electrons. The molecule has 2 aliphatic heterocycles. The minimum atomic E-state index is -1.46. The molecule has 3 amide bonds. The molecule has 3 aromatic carbocycles. The van der Waals surface area contributed by atoms with E-state index in [9.17, 15) is 14.9 Å². The van der Waals surface area contributed by atoms with Crippen LogP contribution in [0.2, 0.25) is 0 Å². The van der Waals surface area contributed by atoms with Crippen molar-refractivity contribution in [1.29, 1.82) is 5.26 Å². The molecule has 3 N–H and O–H groups in total. The van der Waals surface area contributed by atoms with Gasteiger partial charge in [0, 0.05) is 42.0 Å². The Labute approximate surface area is 369 Å². The number of ether oxygens (including phenoxy) is 3. The Balaban J connectivity index is 1.29. The molecule has 61 heavy (non-hydrogen) atoms. The van der Waals surface area contributed by atoms with Gasteiger partial charge in [-0.1, -0.05) is 67.4 Å². The van der Waals surface area contributed by atoms with E-state index in [4.69, 9.17) is 23.3 Å². The Kier molecular flexibility index (Phi) is 19.5. The van der Waals surface area contributed by atoms with E-state index in [0.29, 0.717) is 38.0 Å². The van der Waals surface area contributed by atoms with E-state index in [2.05, 4.69) is 90.8 Å². The van der Waals surface area contributed by atoms with E-state index in [1.165, 1.54) is 0 Å². The molecule has 0 spiro atoms. The van der Waals surface area contributed by atoms with E-state index in [-0.39, 0.29) is 48.4 Å². The highest BCUT2D eigenvalue weighted by Crippen LogP contribution is 2.47. The van der Waals surface area contributed by atoms with Gasteiger partial charge in [-0.2, -0.15) is 17.0 Å². The minimum Gasteiger partial charge on any atom is -0.497 e. The van der Waals surface area contributed by atoms with Gasteiger partial charge in [0.05, 0.1) is 58.6 Å². The van der Waals surface area contributed by atoms with Crippen molar-refractivity contribution in [2.24, 2.45) is 5.92 Å². The first-order valence-corrected chi connectivity index (χ1v) is 23.9. The Morgan fingerprint density at radius 1 is 0.869 bits per heavy atom. The summed E-state index contributed by atoms with van der Waals surface area (Å²) in [5.74, 6) is 2.49. The molecule has 2 heterocycles. The van der Waals surface area contributed by atoms with Gasteiger partial charge < -0.3 is 39.2 Å². The Bertz CT molecular complexity index is 1760. The topological polar surface area (TPSA) is 143 Å². The molecule has 5 rings (SSSR count). The monoisotopic (exact) mass is 875 g/mol. The third-order valence-corrected chi connectivity index (χ3v) is 14.8. The van der Waals surface area contributed by atoms with Gasteiger partial charge in [0.2, 0.25) is 5.91 Å². The molecule has 0 aromatic heterocycles. The molecule has 0 bridgehead atoms. The first-order valence-electron chi connectivity index (χ1n) is 21.7. The smallest absolute Gasteiger partial charge is 0.315 e. The number of thioether (sulfide) groups is 1. The number of unbranched alkanes of at least 4 members (excludes halogenated alkanes) is 2. The maximum Gasteiger partial charge on any atom is 0.315 e. The highest BCUT2D eigenvalue weighted by Gasteiger charge is 2.43. The maximum absolute atomic E-state index is 12.8. The van der Waals surface area contributed by atoms with Crippen molar-refractivity contribution in [3.05, 3.63) is 95.6 Å². The van der Waals surface area contributed by atoms with E-state index in [1.54, 1.807) is 14.2 Å². The number of hydrogen-bond acceptors (Lipinski definition) is 10. The molecule has 12 nitrogen and oxygen atoms in total. The predicted octanol–water partition coefficient (Wildman–Crippen LogP) is 8.93. The molecule has 2 fully saturated rings. The van der Waals surface area contributed by atoms with Gasteiger partial charge in [-0.25, -0.2) is 9.46 Å². The second-order valence-corrected chi connectivity index (χ2v) is 19.0. The molecule has 14 heteroatoms. The largest absolute Gasteiger partial charge is 0.497 e. The summed E-state index contributed by atoms with van der Waals surface area (Å²) in [7, 11) is 1.87. The Hall–Kier alpha value is -3.89. The molecule has 2 saturated heterocycles. The lowest BCUT2D eigenvalue weighted by atomic mass is 9.79. The molecule has 0 aliphatic carbocycles. The van der Waals surface area contributed by atoms with Crippen molar-refractivity contribution in [3.8, 4) is 17.6 Å². The second kappa shape index (κ2) is 24.7. The third-order valence-electron chi connectivity index (χ3n) is 11.2. The van der Waals surface area contributed by atoms with E-state index >= 15 is 0 Å². The first-order chi connectivity index (χ1) is 29.6. The number of benzene rings is 3. The average Bonchev–Trinajstić information content (AvgIpc) is 3.83. The Morgan fingerprint density at radius 3 is 2.11 bits per heavy atom. The van der Waals surface area contributed by atoms with Gasteiger partial charge >= 0.3 is 6.03 Å². The number of amides is 3. The fourth-order valence-electron chi connectivity index (χ4n) is 8.16. The van der Waals surface area contributed by atoms with Crippen LogP contribution in [0.3, 0.4) is 0 Å². The molecular formula is C47H66N5O7PS. The number of methoxy groups -OCH3 is 2. The van der Waals surface area contributed by atoms with Crippen molar-refractivity contribution < 1.29 is 32.8 Å². The summed E-state index contributed by atoms with van der Waals surface area (Å²) in [5, 5.41) is 18.9. The average molecular weight is 876 g/mol. The highest BCUT2D eigenvalue weighted by atomic mass is 32.2. The molecule has 2 unspecified atom stereocenters. The van der Waals surface area contributed by atoms with E-state index < -0.39 is 14.1 Å². The fraction of sp³-hybridized carbons (Fsp3) is 0.553. The molecule has 5 atom stereocenters. The molecule has 3 aromatic rings. The van der Waals surface area contributed by atoms with Crippen LogP contribution in [0.15, 0.2) is 78.9 Å². The summed E-state index contributed by atoms with van der Waals surface area (Å²) < 4.78 is 33.7. The van der Waals surface area contributed by atoms with E-state index in [1.807, 2.05) is 54.2 Å². The zero-order valence-electron chi connectivity index (χ0n) is 36.8. The second-order valence-electron chi connectivity index (χ2n) is 16.2. The van der Waals surface area contributed by atoms with Crippen molar-refractivity contribution in [2.45, 2.75) is 114 Å². The van der Waals surface area contributed by atoms with Gasteiger partial charge in [0.15, 0.2) is 0 Å². The number of carbonyl (C=O) groups excluding carboxylic acids is 2. The van der Waals surface area contributed by atoms with Crippen molar-refractivity contribution in [1.82, 2.24) is 20.6 Å². The summed E-state index contributed by atoms with van der Waals surface area (Å²) in [6.45, 7) is 10.2. The number of fused-ring (bicyclic) bond motifs is 1. The van der Waals surface area contributed by atoms with Gasteiger partial charge in [-0.15, -0.1) is 0 Å². The molecule has 2 aliphatic rings. The minimum absolute atomic E-state index is 0.0334. The summed E-state index contributed by atoms with van der Waals surface area (Å²) in [6.07, 6.45) is 6.02. The van der Waals surface area contributed by atoms with E-state index in [0.717, 1.165) is 72.5 Å². The van der Waals surface area contributed by atoms with Crippen LogP contribution in [0.4, 0.5) is 4.79 Å². The van der Waals surface area contributed by atoms with Crippen LogP contribution in [-0.4, -0.2) is 92.4 Å². The van der Waals surface area contributed by atoms with Crippen LogP contribution >= 0.6 is 20.3 Å². The van der Waals surface area contributed by atoms with Crippen molar-refractivity contribution in [2.75, 3.05) is 46.3 Å². The quantitative estimate of drug-likeness (QED) is 0.0294. The van der Waals surface area contributed by atoms with Crippen molar-refractivity contribution >= 4 is 32.2 Å². The third kappa shape index (κ3) is 13.6. The SMILES string of the molecule is COc1ccc(C(OCC(CCCCNC(=O)CCCC[C@@H]2SC[C@@H]3NC(=O)N[C@@H]32)COP(OCCC#N)N(C(C)C)C(C)C)(c2ccccc2)c2ccc(OC)cc2)cc1. The predicted molar refractivity (Wildman–Crippen MR) is 244 cm³/mol. The van der Waals surface area contributed by atoms with Crippen molar-refractivity contribution in [3.63, 3.8) is 0 Å². The zero-order valence-corrected chi connectivity index (χ0v) is 38.5. The number of carbonyl (C=O) groups is 2. The van der Waals surface area contributed by atoms with Crippen LogP contribution < -0.4 is 25.4 Å². The van der Waals surface area contributed by atoms with Gasteiger partial charge in [-0.3, -0.25) is 4.79 Å². The number of nitrogens with one attached hydrogen (secondary N) is 3. The van der Waals surface area contributed by atoms with Gasteiger partial charge in [0.1, 0.15) is 17.1 Å². The lowest BCUT2D eigenvalue weighted by molar-refractivity contribution is -0.121. The molecular weight excluding hydrogens is 810 g/mol. The fourth-order valence-corrected chi connectivity index (χ4v) is 11.4. The Morgan fingerprint density at radius 2 is 1.51 bits per heavy atom. The van der Waals surface area contributed by atoms with Gasteiger partial charge in [0.25, 0.3) is 8.53 Å². The summed E-state index contributed by atoms with van der Waals surface area (Å²) in [6, 6.07) is 29.3. The number of rotatable bonds is 27. The number of nitrogens with zero attached hydrogens (tertiary/aromatic N) is 2. The molecule has 0 saturated carbocycles. The van der Waals surface area contributed by atoms with Crippen LogP contribution in [-0.2, 0) is 24.2 Å². The maximum atomic E-state index is 12.8. The van der Waals surface area contributed by atoms with Gasteiger partial charge in [-0.05, 0) is 94.3 Å². The standard InChI is InChI=1S/C47H66N5O7PS/c1-34(2)52(35(3)4)60(58-30-14-28-48)59-32-36(15-12-13-29-49-44(53)19-11-10-18-43-45-42(33-61-43)50-46(54)51-45)31-57-47(37-16-8-7-9-17-37,38-20-24-40(55-5)25-21-38)39-22-26-41(56-6)27-23-39/h7-9,16-17,20-27,34-36,42-43,45H,10-15,18-19,29-33H2,1-6H3,(H,49,53)(H2,50,51,54)/t36?,42-,43-,45-,60?/m0/s1. The van der Waals surface area contributed by atoms with Crippen LogP contribution in [0, 0.1) is 17.2 Å².